The zero-order chi connectivity index (χ0) is 23.7. The molecule has 1 aliphatic heterocycles. The number of nitrogens with zero attached hydrogens (tertiary/aromatic N) is 3. The average Bonchev–Trinajstić information content (AvgIpc) is 2.80. The van der Waals surface area contributed by atoms with E-state index in [0.717, 1.165) is 0 Å². The molecule has 0 spiro atoms. The Labute approximate surface area is 199 Å². The van der Waals surface area contributed by atoms with Gasteiger partial charge in [-0.2, -0.15) is 0 Å². The first-order valence-corrected chi connectivity index (χ1v) is 10.6. The number of nitrogens with one attached hydrogen (secondary N) is 2. The molecule has 33 heavy (non-hydrogen) atoms. The normalized spacial score (nSPS) is 14.6. The van der Waals surface area contributed by atoms with Crippen molar-refractivity contribution in [3.8, 4) is 17.2 Å². The predicted molar refractivity (Wildman–Crippen MR) is 129 cm³/mol. The Bertz CT molecular complexity index is 1280. The quantitative estimate of drug-likeness (QED) is 0.550. The molecule has 0 fully saturated rings. The molecule has 4 rings (SSSR count). The van der Waals surface area contributed by atoms with Gasteiger partial charge in [0.05, 0.1) is 37.1 Å². The third-order valence-electron chi connectivity index (χ3n) is 5.00. The molecule has 0 saturated carbocycles. The van der Waals surface area contributed by atoms with Crippen LogP contribution in [0.3, 0.4) is 0 Å². The fraction of sp³-hybridized carbons (Fsp3) is 0.227. The third-order valence-corrected chi connectivity index (χ3v) is 5.82. The van der Waals surface area contributed by atoms with Crippen molar-refractivity contribution in [1.82, 2.24) is 9.55 Å². The van der Waals surface area contributed by atoms with Crippen LogP contribution in [0.25, 0.3) is 0 Å². The van der Waals surface area contributed by atoms with Crippen molar-refractivity contribution in [2.45, 2.75) is 13.1 Å². The van der Waals surface area contributed by atoms with Crippen molar-refractivity contribution < 1.29 is 14.2 Å². The second kappa shape index (κ2) is 9.21. The van der Waals surface area contributed by atoms with Crippen LogP contribution in [-0.2, 0) is 0 Å². The summed E-state index contributed by atoms with van der Waals surface area (Å²) in [6.45, 7) is 1.74. The minimum atomic E-state index is -0.781. The lowest BCUT2D eigenvalue weighted by molar-refractivity contribution is 0.323. The fourth-order valence-electron chi connectivity index (χ4n) is 3.51. The maximum atomic E-state index is 12.9. The van der Waals surface area contributed by atoms with Crippen LogP contribution < -0.4 is 30.4 Å². The lowest BCUT2D eigenvalue weighted by atomic mass is 10.1. The standard InChI is InChI=1S/C22H21Cl2N5O4/c1-11-8-17(30)29-20(12-9-15(31-2)19(33-4)16(10-12)32-3)27-21(28-22(29)25-11)26-14-7-5-6-13(23)18(14)24/h5-10,20H,1-4H3,(H2,25,26,27,28)/t20-/m1/s1. The molecule has 1 aromatic heterocycles. The summed E-state index contributed by atoms with van der Waals surface area (Å²) in [6, 6.07) is 10.1. The van der Waals surface area contributed by atoms with Crippen LogP contribution in [0.15, 0.2) is 46.2 Å². The molecule has 0 amide bonds. The fourth-order valence-corrected chi connectivity index (χ4v) is 3.86. The molecule has 0 bridgehead atoms. The second-order valence-electron chi connectivity index (χ2n) is 7.09. The van der Waals surface area contributed by atoms with E-state index in [1.807, 2.05) is 0 Å². The highest BCUT2D eigenvalue weighted by molar-refractivity contribution is 6.44. The Kier molecular flexibility index (Phi) is 6.35. The highest BCUT2D eigenvalue weighted by Crippen LogP contribution is 2.41. The average molecular weight is 490 g/mol. The number of methoxy groups -OCH3 is 3. The van der Waals surface area contributed by atoms with Gasteiger partial charge in [0.25, 0.3) is 5.56 Å². The van der Waals surface area contributed by atoms with Crippen LogP contribution in [0.5, 0.6) is 17.2 Å². The first kappa shape index (κ1) is 22.8. The number of aryl methyl sites for hydroxylation is 1. The van der Waals surface area contributed by atoms with Gasteiger partial charge in [0.15, 0.2) is 17.7 Å². The van der Waals surface area contributed by atoms with E-state index in [-0.39, 0.29) is 5.56 Å². The van der Waals surface area contributed by atoms with Gasteiger partial charge in [0.1, 0.15) is 0 Å². The maximum absolute atomic E-state index is 12.9. The van der Waals surface area contributed by atoms with Gasteiger partial charge < -0.3 is 19.5 Å². The Balaban J connectivity index is 1.88. The summed E-state index contributed by atoms with van der Waals surface area (Å²) in [5, 5.41) is 6.92. The Morgan fingerprint density at radius 2 is 1.76 bits per heavy atom. The van der Waals surface area contributed by atoms with Crippen LogP contribution >= 0.6 is 23.2 Å². The number of rotatable bonds is 5. The van der Waals surface area contributed by atoms with E-state index in [1.54, 1.807) is 37.3 Å². The first-order valence-electron chi connectivity index (χ1n) is 9.82. The van der Waals surface area contributed by atoms with Gasteiger partial charge in [-0.1, -0.05) is 29.3 Å². The zero-order valence-corrected chi connectivity index (χ0v) is 19.8. The molecule has 1 aliphatic rings. The van der Waals surface area contributed by atoms with Gasteiger partial charge in [-0.3, -0.25) is 14.7 Å². The Morgan fingerprint density at radius 3 is 2.39 bits per heavy atom. The first-order chi connectivity index (χ1) is 15.9. The summed E-state index contributed by atoms with van der Waals surface area (Å²) in [4.78, 5) is 22.1. The smallest absolute Gasteiger partial charge is 0.257 e. The molecule has 0 saturated heterocycles. The van der Waals surface area contributed by atoms with Crippen molar-refractivity contribution in [2.24, 2.45) is 4.99 Å². The van der Waals surface area contributed by atoms with E-state index in [9.17, 15) is 4.79 Å². The van der Waals surface area contributed by atoms with E-state index in [0.29, 0.717) is 56.1 Å². The highest BCUT2D eigenvalue weighted by atomic mass is 35.5. The van der Waals surface area contributed by atoms with Crippen molar-refractivity contribution in [2.75, 3.05) is 32.0 Å². The molecule has 2 aromatic carbocycles. The number of hydrogen-bond acceptors (Lipinski definition) is 8. The number of hydrogen-bond donors (Lipinski definition) is 2. The van der Waals surface area contributed by atoms with E-state index in [1.165, 1.54) is 32.0 Å². The SMILES string of the molecule is COc1cc([C@@H]2N=C(Nc3cccc(Cl)c3Cl)Nc3nc(C)cc(=O)n32)cc(OC)c1OC. The second-order valence-corrected chi connectivity index (χ2v) is 7.88. The van der Waals surface area contributed by atoms with Gasteiger partial charge in [-0.05, 0) is 31.2 Å². The van der Waals surface area contributed by atoms with Gasteiger partial charge in [-0.25, -0.2) is 9.98 Å². The van der Waals surface area contributed by atoms with E-state index in [2.05, 4.69) is 15.6 Å². The topological polar surface area (TPSA) is 99.0 Å². The van der Waals surface area contributed by atoms with Crippen molar-refractivity contribution in [3.63, 3.8) is 0 Å². The lowest BCUT2D eigenvalue weighted by Gasteiger charge is -2.28. The summed E-state index contributed by atoms with van der Waals surface area (Å²) in [5.41, 5.74) is 1.45. The minimum absolute atomic E-state index is 0.271. The van der Waals surface area contributed by atoms with Crippen LogP contribution in [0.1, 0.15) is 17.4 Å². The number of ether oxygens (including phenoxy) is 3. The molecule has 2 heterocycles. The minimum Gasteiger partial charge on any atom is -0.493 e. The van der Waals surface area contributed by atoms with Crippen LogP contribution in [0.4, 0.5) is 11.6 Å². The summed E-state index contributed by atoms with van der Waals surface area (Å²) in [6.07, 6.45) is -0.781. The van der Waals surface area contributed by atoms with E-state index >= 15 is 0 Å². The summed E-state index contributed by atoms with van der Waals surface area (Å²) in [7, 11) is 4.56. The molecule has 0 radical (unpaired) electrons. The Hall–Kier alpha value is -3.43. The molecule has 11 heteroatoms. The van der Waals surface area contributed by atoms with Crippen LogP contribution in [0, 0.1) is 6.92 Å². The number of guanidine groups is 1. The maximum Gasteiger partial charge on any atom is 0.257 e. The lowest BCUT2D eigenvalue weighted by Crippen LogP contribution is -2.37. The number of fused-ring (bicyclic) bond motifs is 1. The van der Waals surface area contributed by atoms with Gasteiger partial charge in [0.2, 0.25) is 17.7 Å². The molecular formula is C22H21Cl2N5O4. The van der Waals surface area contributed by atoms with Crippen LogP contribution in [0.2, 0.25) is 10.0 Å². The van der Waals surface area contributed by atoms with E-state index < -0.39 is 6.17 Å². The molecule has 0 aliphatic carbocycles. The van der Waals surface area contributed by atoms with Crippen molar-refractivity contribution >= 4 is 40.8 Å². The molecule has 3 aromatic rings. The van der Waals surface area contributed by atoms with Crippen molar-refractivity contribution in [3.05, 3.63) is 68.1 Å². The molecule has 172 valence electrons. The summed E-state index contributed by atoms with van der Waals surface area (Å²) < 4.78 is 17.8. The number of benzene rings is 2. The number of anilines is 2. The highest BCUT2D eigenvalue weighted by Gasteiger charge is 2.28. The Morgan fingerprint density at radius 1 is 1.06 bits per heavy atom. The molecule has 0 unspecified atom stereocenters. The molecule has 2 N–H and O–H groups in total. The van der Waals surface area contributed by atoms with Gasteiger partial charge in [0, 0.05) is 17.3 Å². The third kappa shape index (κ3) is 4.29. The van der Waals surface area contributed by atoms with Gasteiger partial charge in [-0.15, -0.1) is 0 Å². The number of halogens is 2. The summed E-state index contributed by atoms with van der Waals surface area (Å²) >= 11 is 12.5. The molecular weight excluding hydrogens is 469 g/mol. The van der Waals surface area contributed by atoms with Crippen molar-refractivity contribution in [1.29, 1.82) is 0 Å². The predicted octanol–water partition coefficient (Wildman–Crippen LogP) is 4.32. The van der Waals surface area contributed by atoms with Crippen LogP contribution in [-0.4, -0.2) is 36.8 Å². The zero-order valence-electron chi connectivity index (χ0n) is 18.3. The monoisotopic (exact) mass is 489 g/mol. The molecule has 1 atom stereocenters. The number of aromatic nitrogens is 2. The molecule has 9 nitrogen and oxygen atoms in total. The number of aliphatic imine (C=N–C) groups is 1. The van der Waals surface area contributed by atoms with Gasteiger partial charge >= 0.3 is 0 Å². The largest absolute Gasteiger partial charge is 0.493 e. The van der Waals surface area contributed by atoms with E-state index in [4.69, 9.17) is 42.4 Å². The summed E-state index contributed by atoms with van der Waals surface area (Å²) in [5.74, 6) is 1.94.